The van der Waals surface area contributed by atoms with Crippen LogP contribution in [-0.4, -0.2) is 15.0 Å². The maximum Gasteiger partial charge on any atom is 0.240 e. The summed E-state index contributed by atoms with van der Waals surface area (Å²) < 4.78 is 40.7. The molecule has 1 aromatic carbocycles. The number of benzene rings is 1. The Hall–Kier alpha value is -0.980. The van der Waals surface area contributed by atoms with Crippen molar-refractivity contribution in [1.29, 1.82) is 0 Å². The average Bonchev–Trinajstić information content (AvgIpc) is 2.48. The van der Waals surface area contributed by atoms with Crippen molar-refractivity contribution in [1.82, 2.24) is 4.72 Å². The molecule has 1 aliphatic rings. The number of hydrogen-bond donors (Lipinski definition) is 2. The number of nitrogens with one attached hydrogen (secondary N) is 1. The molecule has 0 radical (unpaired) electrons. The van der Waals surface area contributed by atoms with E-state index in [9.17, 15) is 12.8 Å². The van der Waals surface area contributed by atoms with Crippen LogP contribution in [0.4, 0.5) is 4.39 Å². The lowest BCUT2D eigenvalue weighted by molar-refractivity contribution is 0.339. The van der Waals surface area contributed by atoms with Crippen LogP contribution in [0.2, 0.25) is 0 Å². The summed E-state index contributed by atoms with van der Waals surface area (Å²) in [5.74, 6) is 0.0237. The number of sulfonamides is 1. The SMILES string of the molecule is NCc1c(F)cccc1S(=O)(=O)NCCC1CCCCC1. The molecule has 4 nitrogen and oxygen atoms in total. The van der Waals surface area contributed by atoms with Crippen molar-refractivity contribution >= 4 is 10.0 Å². The Bertz CT molecular complexity index is 569. The van der Waals surface area contributed by atoms with Gasteiger partial charge < -0.3 is 5.73 Å². The molecule has 21 heavy (non-hydrogen) atoms. The van der Waals surface area contributed by atoms with Gasteiger partial charge in [0.2, 0.25) is 10.0 Å². The fourth-order valence-electron chi connectivity index (χ4n) is 2.94. The van der Waals surface area contributed by atoms with Crippen LogP contribution in [-0.2, 0) is 16.6 Å². The zero-order chi connectivity index (χ0) is 15.3. The minimum Gasteiger partial charge on any atom is -0.326 e. The number of rotatable bonds is 6. The molecule has 0 unspecified atom stereocenters. The number of nitrogens with two attached hydrogens (primary N) is 1. The summed E-state index contributed by atoms with van der Waals surface area (Å²) in [5, 5.41) is 0. The fourth-order valence-corrected chi connectivity index (χ4v) is 4.24. The van der Waals surface area contributed by atoms with Crippen molar-refractivity contribution in [2.45, 2.75) is 50.0 Å². The summed E-state index contributed by atoms with van der Waals surface area (Å²) in [6.07, 6.45) is 6.95. The number of hydrogen-bond acceptors (Lipinski definition) is 3. The van der Waals surface area contributed by atoms with Crippen molar-refractivity contribution in [3.8, 4) is 0 Å². The zero-order valence-electron chi connectivity index (χ0n) is 12.1. The maximum absolute atomic E-state index is 13.6. The van der Waals surface area contributed by atoms with E-state index in [4.69, 9.17) is 5.73 Å². The van der Waals surface area contributed by atoms with Gasteiger partial charge in [0.25, 0.3) is 0 Å². The first-order valence-electron chi connectivity index (χ1n) is 7.51. The summed E-state index contributed by atoms with van der Waals surface area (Å²) in [6, 6.07) is 4.02. The van der Waals surface area contributed by atoms with Crippen LogP contribution >= 0.6 is 0 Å². The van der Waals surface area contributed by atoms with Crippen molar-refractivity contribution < 1.29 is 12.8 Å². The van der Waals surface area contributed by atoms with Crippen LogP contribution < -0.4 is 10.5 Å². The second-order valence-corrected chi connectivity index (χ2v) is 7.35. The molecule has 3 N–H and O–H groups in total. The lowest BCUT2D eigenvalue weighted by Crippen LogP contribution is -2.28. The molecule has 6 heteroatoms. The smallest absolute Gasteiger partial charge is 0.240 e. The van der Waals surface area contributed by atoms with Gasteiger partial charge >= 0.3 is 0 Å². The van der Waals surface area contributed by atoms with E-state index in [1.54, 1.807) is 0 Å². The van der Waals surface area contributed by atoms with Gasteiger partial charge in [-0.2, -0.15) is 0 Å². The molecule has 1 saturated carbocycles. The quantitative estimate of drug-likeness (QED) is 0.847. The third-order valence-electron chi connectivity index (χ3n) is 4.14. The monoisotopic (exact) mass is 314 g/mol. The molecule has 0 amide bonds. The molecule has 2 rings (SSSR count). The molecule has 0 bridgehead atoms. The molecular weight excluding hydrogens is 291 g/mol. The predicted molar refractivity (Wildman–Crippen MR) is 80.7 cm³/mol. The van der Waals surface area contributed by atoms with Gasteiger partial charge in [-0.05, 0) is 24.5 Å². The van der Waals surface area contributed by atoms with E-state index in [-0.39, 0.29) is 17.0 Å². The second kappa shape index (κ2) is 7.33. The van der Waals surface area contributed by atoms with Crippen LogP contribution in [0.1, 0.15) is 44.1 Å². The first kappa shape index (κ1) is 16.4. The Morgan fingerprint density at radius 1 is 1.24 bits per heavy atom. The molecule has 0 heterocycles. The largest absolute Gasteiger partial charge is 0.326 e. The predicted octanol–water partition coefficient (Wildman–Crippen LogP) is 2.53. The van der Waals surface area contributed by atoms with Crippen molar-refractivity contribution in [3.05, 3.63) is 29.6 Å². The highest BCUT2D eigenvalue weighted by molar-refractivity contribution is 7.89. The van der Waals surface area contributed by atoms with Crippen LogP contribution in [0.5, 0.6) is 0 Å². The highest BCUT2D eigenvalue weighted by atomic mass is 32.2. The Balaban J connectivity index is 2.00. The summed E-state index contributed by atoms with van der Waals surface area (Å²) in [7, 11) is -3.70. The van der Waals surface area contributed by atoms with Gasteiger partial charge in [0.15, 0.2) is 0 Å². The van der Waals surface area contributed by atoms with Crippen LogP contribution in [0.3, 0.4) is 0 Å². The Labute approximate surface area is 126 Å². The Morgan fingerprint density at radius 3 is 2.62 bits per heavy atom. The highest BCUT2D eigenvalue weighted by Crippen LogP contribution is 2.26. The number of halogens is 1. The Kier molecular flexibility index (Phi) is 5.72. The molecule has 118 valence electrons. The van der Waals surface area contributed by atoms with E-state index >= 15 is 0 Å². The van der Waals surface area contributed by atoms with Gasteiger partial charge in [0.1, 0.15) is 5.82 Å². The molecule has 1 aromatic rings. The zero-order valence-corrected chi connectivity index (χ0v) is 13.0. The standard InChI is InChI=1S/C15H23FN2O2S/c16-14-7-4-8-15(13(14)11-17)21(19,20)18-10-9-12-5-2-1-3-6-12/h4,7-8,12,18H,1-3,5-6,9-11,17H2. The van der Waals surface area contributed by atoms with E-state index in [1.165, 1.54) is 50.3 Å². The summed E-state index contributed by atoms with van der Waals surface area (Å²) >= 11 is 0. The van der Waals surface area contributed by atoms with Gasteiger partial charge in [-0.1, -0.05) is 38.2 Å². The van der Waals surface area contributed by atoms with Gasteiger partial charge in [0.05, 0.1) is 4.90 Å². The van der Waals surface area contributed by atoms with E-state index in [1.807, 2.05) is 0 Å². The van der Waals surface area contributed by atoms with Crippen molar-refractivity contribution in [3.63, 3.8) is 0 Å². The topological polar surface area (TPSA) is 72.2 Å². The van der Waals surface area contributed by atoms with Gasteiger partial charge in [0, 0.05) is 18.7 Å². The lowest BCUT2D eigenvalue weighted by atomic mass is 9.87. The average molecular weight is 314 g/mol. The van der Waals surface area contributed by atoms with Gasteiger partial charge in [-0.3, -0.25) is 0 Å². The van der Waals surface area contributed by atoms with Gasteiger partial charge in [-0.25, -0.2) is 17.5 Å². The molecular formula is C15H23FN2O2S. The first-order valence-corrected chi connectivity index (χ1v) is 9.00. The minimum absolute atomic E-state index is 0.0441. The normalized spacial score (nSPS) is 17.0. The first-order chi connectivity index (χ1) is 10.0. The fraction of sp³-hybridized carbons (Fsp3) is 0.600. The summed E-state index contributed by atoms with van der Waals surface area (Å²) in [4.78, 5) is -0.0476. The summed E-state index contributed by atoms with van der Waals surface area (Å²) in [6.45, 7) is 0.263. The lowest BCUT2D eigenvalue weighted by Gasteiger charge is -2.21. The molecule has 0 atom stereocenters. The van der Waals surface area contributed by atoms with E-state index < -0.39 is 15.8 Å². The van der Waals surface area contributed by atoms with Crippen molar-refractivity contribution in [2.75, 3.05) is 6.54 Å². The van der Waals surface area contributed by atoms with E-state index in [2.05, 4.69) is 4.72 Å². The third kappa shape index (κ3) is 4.25. The molecule has 1 aliphatic carbocycles. The molecule has 1 fully saturated rings. The highest BCUT2D eigenvalue weighted by Gasteiger charge is 2.21. The Morgan fingerprint density at radius 2 is 1.95 bits per heavy atom. The molecule has 0 saturated heterocycles. The minimum atomic E-state index is -3.70. The van der Waals surface area contributed by atoms with E-state index in [0.29, 0.717) is 12.5 Å². The molecule has 0 aromatic heterocycles. The second-order valence-electron chi connectivity index (χ2n) is 5.61. The van der Waals surface area contributed by atoms with Crippen molar-refractivity contribution in [2.24, 2.45) is 11.7 Å². The van der Waals surface area contributed by atoms with Crippen LogP contribution in [0.25, 0.3) is 0 Å². The maximum atomic E-state index is 13.6. The third-order valence-corrected chi connectivity index (χ3v) is 5.68. The molecule has 0 spiro atoms. The summed E-state index contributed by atoms with van der Waals surface area (Å²) in [5.41, 5.74) is 5.51. The van der Waals surface area contributed by atoms with Crippen LogP contribution in [0.15, 0.2) is 23.1 Å². The van der Waals surface area contributed by atoms with E-state index in [0.717, 1.165) is 6.42 Å². The van der Waals surface area contributed by atoms with Gasteiger partial charge in [-0.15, -0.1) is 0 Å². The van der Waals surface area contributed by atoms with Crippen LogP contribution in [0, 0.1) is 11.7 Å². The molecule has 0 aliphatic heterocycles.